The van der Waals surface area contributed by atoms with Crippen LogP contribution in [0.2, 0.25) is 0 Å². The van der Waals surface area contributed by atoms with Crippen molar-refractivity contribution in [3.63, 3.8) is 0 Å². The number of hydrogen-bond donors (Lipinski definition) is 2. The third-order valence-corrected chi connectivity index (χ3v) is 3.90. The van der Waals surface area contributed by atoms with E-state index in [2.05, 4.69) is 5.32 Å². The van der Waals surface area contributed by atoms with Gasteiger partial charge in [0.15, 0.2) is 0 Å². The van der Waals surface area contributed by atoms with E-state index in [9.17, 15) is 9.18 Å². The Balaban J connectivity index is 2.25. The number of amides is 1. The van der Waals surface area contributed by atoms with E-state index < -0.39 is 0 Å². The topological polar surface area (TPSA) is 49.3 Å². The van der Waals surface area contributed by atoms with Gasteiger partial charge in [0.2, 0.25) is 5.91 Å². The van der Waals surface area contributed by atoms with Crippen LogP contribution in [0.3, 0.4) is 0 Å². The number of hydrogen-bond acceptors (Lipinski definition) is 3. The largest absolute Gasteiger partial charge is 0.396 e. The van der Waals surface area contributed by atoms with Crippen molar-refractivity contribution < 1.29 is 14.3 Å². The van der Waals surface area contributed by atoms with Crippen LogP contribution in [0.25, 0.3) is 0 Å². The maximum Gasteiger partial charge on any atom is 0.230 e. The highest BCUT2D eigenvalue weighted by molar-refractivity contribution is 8.00. The molecule has 19 heavy (non-hydrogen) atoms. The highest BCUT2D eigenvalue weighted by atomic mass is 32.2. The fraction of sp³-hybridized carbons (Fsp3) is 0.500. The van der Waals surface area contributed by atoms with Crippen LogP contribution in [0.15, 0.2) is 29.2 Å². The van der Waals surface area contributed by atoms with Crippen molar-refractivity contribution in [1.82, 2.24) is 5.32 Å². The van der Waals surface area contributed by atoms with Crippen molar-refractivity contribution in [2.45, 2.75) is 24.7 Å². The standard InChI is InChI=1S/C14H20FNO2S/c1-2-11(7-8-17)9-16-14(18)10-19-13-5-3-12(15)4-6-13/h3-6,11,17H,2,7-10H2,1H3,(H,16,18). The zero-order valence-electron chi connectivity index (χ0n) is 11.1. The van der Waals surface area contributed by atoms with Gasteiger partial charge in [0.1, 0.15) is 5.82 Å². The second-order valence-corrected chi connectivity index (χ2v) is 5.38. The van der Waals surface area contributed by atoms with Crippen LogP contribution < -0.4 is 5.32 Å². The molecule has 0 saturated carbocycles. The molecule has 0 saturated heterocycles. The number of rotatable bonds is 8. The van der Waals surface area contributed by atoms with E-state index in [0.29, 0.717) is 24.6 Å². The van der Waals surface area contributed by atoms with E-state index in [-0.39, 0.29) is 18.3 Å². The molecule has 0 heterocycles. The Bertz CT molecular complexity index is 384. The average Bonchev–Trinajstić information content (AvgIpc) is 2.42. The van der Waals surface area contributed by atoms with Gasteiger partial charge < -0.3 is 10.4 Å². The summed E-state index contributed by atoms with van der Waals surface area (Å²) in [6, 6.07) is 6.09. The number of carbonyl (C=O) groups excluding carboxylic acids is 1. The molecule has 1 aromatic carbocycles. The van der Waals surface area contributed by atoms with Gasteiger partial charge in [0.25, 0.3) is 0 Å². The quantitative estimate of drug-likeness (QED) is 0.721. The molecule has 0 aliphatic carbocycles. The highest BCUT2D eigenvalue weighted by Gasteiger charge is 2.08. The predicted molar refractivity (Wildman–Crippen MR) is 75.6 cm³/mol. The normalized spacial score (nSPS) is 12.2. The smallest absolute Gasteiger partial charge is 0.230 e. The summed E-state index contributed by atoms with van der Waals surface area (Å²) >= 11 is 1.38. The molecule has 0 aliphatic rings. The van der Waals surface area contributed by atoms with Gasteiger partial charge in [-0.3, -0.25) is 4.79 Å². The van der Waals surface area contributed by atoms with Crippen molar-refractivity contribution >= 4 is 17.7 Å². The molecule has 0 bridgehead atoms. The molecule has 0 radical (unpaired) electrons. The molecule has 3 nitrogen and oxygen atoms in total. The number of aliphatic hydroxyl groups excluding tert-OH is 1. The Labute approximate surface area is 117 Å². The summed E-state index contributed by atoms with van der Waals surface area (Å²) in [5.74, 6) is 0.334. The van der Waals surface area contributed by atoms with E-state index in [0.717, 1.165) is 11.3 Å². The van der Waals surface area contributed by atoms with Crippen LogP contribution in [0.1, 0.15) is 19.8 Å². The van der Waals surface area contributed by atoms with Crippen molar-refractivity contribution in [3.8, 4) is 0 Å². The van der Waals surface area contributed by atoms with Crippen molar-refractivity contribution in [3.05, 3.63) is 30.1 Å². The number of nitrogens with one attached hydrogen (secondary N) is 1. The van der Waals surface area contributed by atoms with Crippen molar-refractivity contribution in [1.29, 1.82) is 0 Å². The summed E-state index contributed by atoms with van der Waals surface area (Å²) in [7, 11) is 0. The summed E-state index contributed by atoms with van der Waals surface area (Å²) in [5.41, 5.74) is 0. The van der Waals surface area contributed by atoms with E-state index in [1.54, 1.807) is 12.1 Å². The minimum Gasteiger partial charge on any atom is -0.396 e. The highest BCUT2D eigenvalue weighted by Crippen LogP contribution is 2.17. The number of thioether (sulfide) groups is 1. The fourth-order valence-electron chi connectivity index (χ4n) is 1.62. The van der Waals surface area contributed by atoms with Crippen LogP contribution in [-0.4, -0.2) is 29.9 Å². The summed E-state index contributed by atoms with van der Waals surface area (Å²) in [4.78, 5) is 12.5. The summed E-state index contributed by atoms with van der Waals surface area (Å²) in [6.45, 7) is 2.79. The van der Waals surface area contributed by atoms with Crippen LogP contribution in [0.5, 0.6) is 0 Å². The lowest BCUT2D eigenvalue weighted by Crippen LogP contribution is -2.30. The lowest BCUT2D eigenvalue weighted by atomic mass is 10.0. The van der Waals surface area contributed by atoms with Crippen LogP contribution in [-0.2, 0) is 4.79 Å². The molecule has 1 aromatic rings. The van der Waals surface area contributed by atoms with Crippen molar-refractivity contribution in [2.24, 2.45) is 5.92 Å². The van der Waals surface area contributed by atoms with Gasteiger partial charge in [-0.15, -0.1) is 11.8 Å². The average molecular weight is 285 g/mol. The van der Waals surface area contributed by atoms with Gasteiger partial charge in [0, 0.05) is 18.0 Å². The molecule has 0 aromatic heterocycles. The van der Waals surface area contributed by atoms with Crippen LogP contribution in [0, 0.1) is 11.7 Å². The molecule has 0 fully saturated rings. The first kappa shape index (κ1) is 16.0. The Morgan fingerprint density at radius 3 is 2.68 bits per heavy atom. The first-order valence-corrected chi connectivity index (χ1v) is 7.40. The molecule has 0 aliphatic heterocycles. The minimum atomic E-state index is -0.274. The van der Waals surface area contributed by atoms with E-state index in [4.69, 9.17) is 5.11 Å². The van der Waals surface area contributed by atoms with Gasteiger partial charge >= 0.3 is 0 Å². The molecule has 5 heteroatoms. The summed E-state index contributed by atoms with van der Waals surface area (Å²) < 4.78 is 12.7. The zero-order chi connectivity index (χ0) is 14.1. The lowest BCUT2D eigenvalue weighted by molar-refractivity contribution is -0.118. The van der Waals surface area contributed by atoms with Gasteiger partial charge in [-0.2, -0.15) is 0 Å². The zero-order valence-corrected chi connectivity index (χ0v) is 11.9. The maximum atomic E-state index is 12.7. The molecule has 1 rings (SSSR count). The van der Waals surface area contributed by atoms with Gasteiger partial charge in [-0.05, 0) is 36.6 Å². The van der Waals surface area contributed by atoms with Gasteiger partial charge in [0.05, 0.1) is 5.75 Å². The van der Waals surface area contributed by atoms with Crippen LogP contribution in [0.4, 0.5) is 4.39 Å². The molecule has 1 atom stereocenters. The Morgan fingerprint density at radius 1 is 1.42 bits per heavy atom. The van der Waals surface area contributed by atoms with Crippen LogP contribution >= 0.6 is 11.8 Å². The van der Waals surface area contributed by atoms with E-state index >= 15 is 0 Å². The van der Waals surface area contributed by atoms with E-state index in [1.807, 2.05) is 6.92 Å². The minimum absolute atomic E-state index is 0.0364. The molecular weight excluding hydrogens is 265 g/mol. The summed E-state index contributed by atoms with van der Waals surface area (Å²) in [5, 5.41) is 11.7. The Hall–Kier alpha value is -1.07. The monoisotopic (exact) mass is 285 g/mol. The fourth-order valence-corrected chi connectivity index (χ4v) is 2.35. The molecule has 1 amide bonds. The maximum absolute atomic E-state index is 12.7. The lowest BCUT2D eigenvalue weighted by Gasteiger charge is -2.14. The number of carbonyl (C=O) groups is 1. The SMILES string of the molecule is CCC(CCO)CNC(=O)CSc1ccc(F)cc1. The third kappa shape index (κ3) is 6.59. The number of aliphatic hydroxyl groups is 1. The second-order valence-electron chi connectivity index (χ2n) is 4.33. The first-order valence-electron chi connectivity index (χ1n) is 6.41. The molecule has 1 unspecified atom stereocenters. The third-order valence-electron chi connectivity index (χ3n) is 2.89. The Kier molecular flexibility index (Phi) is 7.52. The first-order chi connectivity index (χ1) is 9.15. The molecule has 2 N–H and O–H groups in total. The molecule has 106 valence electrons. The molecule has 0 spiro atoms. The predicted octanol–water partition coefficient (Wildman–Crippen LogP) is 2.44. The second kappa shape index (κ2) is 8.93. The van der Waals surface area contributed by atoms with Crippen molar-refractivity contribution in [2.75, 3.05) is 18.9 Å². The Morgan fingerprint density at radius 2 is 2.11 bits per heavy atom. The number of benzene rings is 1. The summed E-state index contributed by atoms with van der Waals surface area (Å²) in [6.07, 6.45) is 1.65. The van der Waals surface area contributed by atoms with Gasteiger partial charge in [-0.25, -0.2) is 4.39 Å². The molecular formula is C14H20FNO2S. The van der Waals surface area contributed by atoms with Gasteiger partial charge in [-0.1, -0.05) is 13.3 Å². The number of halogens is 1. The van der Waals surface area contributed by atoms with E-state index in [1.165, 1.54) is 23.9 Å².